The summed E-state index contributed by atoms with van der Waals surface area (Å²) in [5.41, 5.74) is 3.73. The van der Waals surface area contributed by atoms with Crippen molar-refractivity contribution in [2.75, 3.05) is 4.90 Å². The van der Waals surface area contributed by atoms with E-state index in [0.717, 1.165) is 33.6 Å². The molecule has 0 spiro atoms. The van der Waals surface area contributed by atoms with Gasteiger partial charge in [-0.25, -0.2) is 9.29 Å². The Kier molecular flexibility index (Phi) is 5.06. The van der Waals surface area contributed by atoms with Crippen molar-refractivity contribution >= 4 is 46.3 Å². The van der Waals surface area contributed by atoms with Crippen molar-refractivity contribution in [3.8, 4) is 5.69 Å². The number of benzene rings is 2. The zero-order chi connectivity index (χ0) is 20.7. The largest absolute Gasteiger partial charge is 0.318 e. The van der Waals surface area contributed by atoms with E-state index in [-0.39, 0.29) is 17.0 Å². The van der Waals surface area contributed by atoms with Gasteiger partial charge >= 0.3 is 0 Å². The first-order chi connectivity index (χ1) is 13.8. The topological polar surface area (TPSA) is 42.3 Å². The van der Waals surface area contributed by atoms with Crippen LogP contribution < -0.4 is 4.90 Å². The van der Waals surface area contributed by atoms with Crippen LogP contribution in [0.1, 0.15) is 17.0 Å². The van der Waals surface area contributed by atoms with E-state index < -0.39 is 0 Å². The minimum atomic E-state index is -0.377. The normalized spacial score (nSPS) is 15.6. The highest BCUT2D eigenvalue weighted by molar-refractivity contribution is 8.19. The highest BCUT2D eigenvalue weighted by Gasteiger charge is 2.36. The molecular formula is C22H16ClFN2O2S. The molecule has 3 aromatic rings. The van der Waals surface area contributed by atoms with Gasteiger partial charge in [0.1, 0.15) is 5.82 Å². The molecule has 0 aliphatic carbocycles. The van der Waals surface area contributed by atoms with Crippen LogP contribution in [0, 0.1) is 19.7 Å². The molecule has 0 N–H and O–H groups in total. The maximum absolute atomic E-state index is 13.6. The molecule has 0 saturated carbocycles. The number of carbonyl (C=O) groups excluding carboxylic acids is 2. The second kappa shape index (κ2) is 7.54. The molecule has 1 aromatic heterocycles. The Labute approximate surface area is 176 Å². The van der Waals surface area contributed by atoms with E-state index in [1.807, 2.05) is 30.5 Å². The van der Waals surface area contributed by atoms with Gasteiger partial charge in [-0.1, -0.05) is 17.7 Å². The zero-order valence-corrected chi connectivity index (χ0v) is 17.2. The summed E-state index contributed by atoms with van der Waals surface area (Å²) in [4.78, 5) is 26.8. The first-order valence-electron chi connectivity index (χ1n) is 8.83. The highest BCUT2D eigenvalue weighted by Crippen LogP contribution is 2.37. The van der Waals surface area contributed by atoms with E-state index in [1.54, 1.807) is 36.4 Å². The molecule has 0 atom stereocenters. The van der Waals surface area contributed by atoms with Gasteiger partial charge < -0.3 is 4.57 Å². The van der Waals surface area contributed by atoms with Crippen LogP contribution >= 0.6 is 23.4 Å². The fourth-order valence-electron chi connectivity index (χ4n) is 3.37. The van der Waals surface area contributed by atoms with Gasteiger partial charge in [0, 0.05) is 22.1 Å². The number of imide groups is 1. The Balaban J connectivity index is 1.70. The van der Waals surface area contributed by atoms with Gasteiger partial charge in [0.25, 0.3) is 11.1 Å². The fourth-order valence-corrected chi connectivity index (χ4v) is 4.33. The van der Waals surface area contributed by atoms with Crippen LogP contribution in [0.5, 0.6) is 0 Å². The Bertz CT molecular complexity index is 1170. The molecule has 4 nitrogen and oxygen atoms in total. The molecule has 1 fully saturated rings. The van der Waals surface area contributed by atoms with E-state index in [4.69, 9.17) is 11.6 Å². The smallest absolute Gasteiger partial charge is 0.298 e. The number of anilines is 1. The summed E-state index contributed by atoms with van der Waals surface area (Å²) in [5.74, 6) is -0.696. The second-order valence-corrected chi connectivity index (χ2v) is 8.06. The lowest BCUT2D eigenvalue weighted by Gasteiger charge is -2.12. The van der Waals surface area contributed by atoms with Crippen LogP contribution in [-0.4, -0.2) is 15.7 Å². The Hall–Kier alpha value is -2.83. The van der Waals surface area contributed by atoms with Gasteiger partial charge in [0.05, 0.1) is 10.6 Å². The van der Waals surface area contributed by atoms with Crippen molar-refractivity contribution in [3.63, 3.8) is 0 Å². The van der Waals surface area contributed by atoms with Crippen LogP contribution in [0.3, 0.4) is 0 Å². The lowest BCUT2D eigenvalue weighted by atomic mass is 10.2. The molecule has 2 heterocycles. The average molecular weight is 427 g/mol. The summed E-state index contributed by atoms with van der Waals surface area (Å²) in [6.07, 6.45) is 1.71. The molecule has 29 heavy (non-hydrogen) atoms. The summed E-state index contributed by atoms with van der Waals surface area (Å²) in [6, 6.07) is 14.8. The molecule has 1 aliphatic rings. The van der Waals surface area contributed by atoms with E-state index >= 15 is 0 Å². The third-order valence-corrected chi connectivity index (χ3v) is 5.82. The lowest BCUT2D eigenvalue weighted by Crippen LogP contribution is -2.27. The van der Waals surface area contributed by atoms with E-state index in [1.165, 1.54) is 12.1 Å². The number of nitrogens with zero attached hydrogens (tertiary/aromatic N) is 2. The lowest BCUT2D eigenvalue weighted by molar-refractivity contribution is -0.113. The number of amides is 2. The van der Waals surface area contributed by atoms with Crippen molar-refractivity contribution < 1.29 is 14.0 Å². The molecule has 2 amide bonds. The molecule has 146 valence electrons. The minimum Gasteiger partial charge on any atom is -0.318 e. The van der Waals surface area contributed by atoms with Crippen LogP contribution in [0.15, 0.2) is 59.5 Å². The predicted octanol–water partition coefficient (Wildman–Crippen LogP) is 6.13. The van der Waals surface area contributed by atoms with Crippen molar-refractivity contribution in [3.05, 3.63) is 87.3 Å². The number of hydrogen-bond donors (Lipinski definition) is 0. The zero-order valence-electron chi connectivity index (χ0n) is 15.6. The number of carbonyl (C=O) groups is 2. The maximum Gasteiger partial charge on any atom is 0.298 e. The number of hydrogen-bond acceptors (Lipinski definition) is 3. The van der Waals surface area contributed by atoms with Crippen molar-refractivity contribution in [1.29, 1.82) is 0 Å². The van der Waals surface area contributed by atoms with Gasteiger partial charge in [-0.05, 0) is 85.8 Å². The maximum atomic E-state index is 13.6. The summed E-state index contributed by atoms with van der Waals surface area (Å²) < 4.78 is 15.6. The molecule has 0 bridgehead atoms. The highest BCUT2D eigenvalue weighted by atomic mass is 35.5. The van der Waals surface area contributed by atoms with Gasteiger partial charge in [-0.2, -0.15) is 0 Å². The number of rotatable bonds is 3. The first-order valence-corrected chi connectivity index (χ1v) is 10.0. The molecule has 2 aromatic carbocycles. The minimum absolute atomic E-state index is 0.319. The summed E-state index contributed by atoms with van der Waals surface area (Å²) in [5, 5.41) is 0.170. The monoisotopic (exact) mass is 426 g/mol. The fraction of sp³-hybridized carbons (Fsp3) is 0.0909. The number of aryl methyl sites for hydroxylation is 1. The van der Waals surface area contributed by atoms with Crippen molar-refractivity contribution in [2.45, 2.75) is 13.8 Å². The van der Waals surface area contributed by atoms with Gasteiger partial charge in [-0.3, -0.25) is 9.59 Å². The van der Waals surface area contributed by atoms with E-state index in [9.17, 15) is 14.0 Å². The quantitative estimate of drug-likeness (QED) is 0.473. The third-order valence-electron chi connectivity index (χ3n) is 4.70. The SMILES string of the molecule is Cc1cc(/C=C2/SC(=O)N(c3ccc(Cl)cc3)C2=O)c(C)n1-c1cccc(F)c1. The molecule has 0 unspecified atom stereocenters. The average Bonchev–Trinajstić information content (AvgIpc) is 3.11. The Morgan fingerprint density at radius 2 is 1.72 bits per heavy atom. The Morgan fingerprint density at radius 1 is 1.00 bits per heavy atom. The van der Waals surface area contributed by atoms with Gasteiger partial charge in [-0.15, -0.1) is 0 Å². The third kappa shape index (κ3) is 3.61. The number of aromatic nitrogens is 1. The van der Waals surface area contributed by atoms with Crippen LogP contribution in [-0.2, 0) is 4.79 Å². The van der Waals surface area contributed by atoms with E-state index in [0.29, 0.717) is 21.3 Å². The molecular weight excluding hydrogens is 411 g/mol. The van der Waals surface area contributed by atoms with E-state index in [2.05, 4.69) is 0 Å². The molecule has 1 aliphatic heterocycles. The summed E-state index contributed by atoms with van der Waals surface area (Å²) >= 11 is 6.79. The van der Waals surface area contributed by atoms with Crippen LogP contribution in [0.2, 0.25) is 5.02 Å². The first kappa shape index (κ1) is 19.5. The van der Waals surface area contributed by atoms with Gasteiger partial charge in [0.2, 0.25) is 0 Å². The van der Waals surface area contributed by atoms with Crippen LogP contribution in [0.4, 0.5) is 14.9 Å². The summed E-state index contributed by atoms with van der Waals surface area (Å²) in [7, 11) is 0. The number of halogens is 2. The number of thioether (sulfide) groups is 1. The molecule has 7 heteroatoms. The van der Waals surface area contributed by atoms with Crippen molar-refractivity contribution in [1.82, 2.24) is 4.57 Å². The standard InChI is InChI=1S/C22H16ClFN2O2S/c1-13-10-15(14(2)25(13)19-5-3-4-17(24)12-19)11-20-21(27)26(22(28)29-20)18-8-6-16(23)7-9-18/h3-12H,1-2H3/b20-11+. The molecule has 0 radical (unpaired) electrons. The van der Waals surface area contributed by atoms with Crippen molar-refractivity contribution in [2.24, 2.45) is 0 Å². The summed E-state index contributed by atoms with van der Waals surface area (Å²) in [6.45, 7) is 3.81. The van der Waals surface area contributed by atoms with Crippen LogP contribution in [0.25, 0.3) is 11.8 Å². The van der Waals surface area contributed by atoms with Gasteiger partial charge in [0.15, 0.2) is 0 Å². The molecule has 1 saturated heterocycles. The predicted molar refractivity (Wildman–Crippen MR) is 115 cm³/mol. The molecule has 4 rings (SSSR count). The second-order valence-electron chi connectivity index (χ2n) is 6.64. The Morgan fingerprint density at radius 3 is 2.41 bits per heavy atom.